The number of nitrogens with two attached hydrogens (primary N) is 1. The minimum atomic E-state index is -0.191. The zero-order chi connectivity index (χ0) is 25.7. The van der Waals surface area contributed by atoms with E-state index in [2.05, 4.69) is 67.5 Å². The number of hydrogen-bond donors (Lipinski definition) is 3. The summed E-state index contributed by atoms with van der Waals surface area (Å²) in [4.78, 5) is 12.1. The predicted octanol–water partition coefficient (Wildman–Crippen LogP) is 4.46. The Hall–Kier alpha value is -2.87. The van der Waals surface area contributed by atoms with Crippen LogP contribution in [0.5, 0.6) is 0 Å². The molecule has 0 saturated carbocycles. The summed E-state index contributed by atoms with van der Waals surface area (Å²) in [5.41, 5.74) is 10.1. The number of allylic oxidation sites excluding steroid dienone is 2. The van der Waals surface area contributed by atoms with Crippen LogP contribution in [0.25, 0.3) is 0 Å². The van der Waals surface area contributed by atoms with Crippen LogP contribution in [0.15, 0.2) is 81.2 Å². The molecule has 2 atom stereocenters. The van der Waals surface area contributed by atoms with Gasteiger partial charge in [0.1, 0.15) is 11.7 Å². The molecule has 192 valence electrons. The Bertz CT molecular complexity index is 1120. The normalized spacial score (nSPS) is 25.9. The highest BCUT2D eigenvalue weighted by Crippen LogP contribution is 2.26. The van der Waals surface area contributed by atoms with E-state index in [4.69, 9.17) is 32.1 Å². The number of benzene rings is 1. The number of dihydropyridines is 1. The molecule has 36 heavy (non-hydrogen) atoms. The van der Waals surface area contributed by atoms with E-state index < -0.39 is 0 Å². The van der Waals surface area contributed by atoms with Crippen LogP contribution in [0.3, 0.4) is 0 Å². The second-order valence-corrected chi connectivity index (χ2v) is 10.9. The van der Waals surface area contributed by atoms with Crippen molar-refractivity contribution in [1.82, 2.24) is 15.5 Å². The van der Waals surface area contributed by atoms with E-state index in [0.29, 0.717) is 18.0 Å². The molecular formula is C28H37ClN6O. The standard InChI is InChI=1S/C28H37ClN6O/c1-19-17-35(12-13-36-19)18-26-33-23(14-20(16-30)27-24(29)6-5-11-31-27)15-25(34-26)32-22-9-7-21(8-10-22)28(2,3)4/h5-11,14,16,19,27,31H,12-13,15,17-18,30H2,1-4H3,(H,32,33,34)/b20-16+,23-14+/t19-,27?/m0/s1. The van der Waals surface area contributed by atoms with E-state index in [0.717, 1.165) is 48.3 Å². The van der Waals surface area contributed by atoms with Crippen LogP contribution >= 0.6 is 11.6 Å². The van der Waals surface area contributed by atoms with E-state index in [1.54, 1.807) is 6.20 Å². The fourth-order valence-electron chi connectivity index (χ4n) is 4.43. The maximum Gasteiger partial charge on any atom is 0.136 e. The van der Waals surface area contributed by atoms with Crippen molar-refractivity contribution < 1.29 is 4.74 Å². The van der Waals surface area contributed by atoms with Crippen LogP contribution in [-0.4, -0.2) is 55.0 Å². The Morgan fingerprint density at radius 1 is 1.31 bits per heavy atom. The van der Waals surface area contributed by atoms with E-state index in [9.17, 15) is 0 Å². The van der Waals surface area contributed by atoms with Crippen molar-refractivity contribution >= 4 is 29.0 Å². The maximum absolute atomic E-state index is 6.46. The molecule has 4 rings (SSSR count). The first-order valence-corrected chi connectivity index (χ1v) is 12.9. The van der Waals surface area contributed by atoms with E-state index in [1.165, 1.54) is 5.56 Å². The third kappa shape index (κ3) is 6.87. The van der Waals surface area contributed by atoms with Gasteiger partial charge in [0.15, 0.2) is 0 Å². The van der Waals surface area contributed by atoms with Gasteiger partial charge in [-0.3, -0.25) is 4.90 Å². The predicted molar refractivity (Wildman–Crippen MR) is 150 cm³/mol. The summed E-state index contributed by atoms with van der Waals surface area (Å²) in [6.07, 6.45) is 10.0. The quantitative estimate of drug-likeness (QED) is 0.546. The van der Waals surface area contributed by atoms with Crippen LogP contribution in [0.4, 0.5) is 5.69 Å². The lowest BCUT2D eigenvalue weighted by atomic mass is 9.87. The Labute approximate surface area is 219 Å². The van der Waals surface area contributed by atoms with Gasteiger partial charge in [0.2, 0.25) is 0 Å². The lowest BCUT2D eigenvalue weighted by molar-refractivity contribution is -0.0127. The fraction of sp³-hybridized carbons (Fsp3) is 0.429. The molecular weight excluding hydrogens is 472 g/mol. The van der Waals surface area contributed by atoms with Crippen LogP contribution < -0.4 is 16.4 Å². The summed E-state index contributed by atoms with van der Waals surface area (Å²) in [6, 6.07) is 8.22. The number of halogens is 1. The van der Waals surface area contributed by atoms with Crippen molar-refractivity contribution in [2.75, 3.05) is 26.2 Å². The number of morpholine rings is 1. The van der Waals surface area contributed by atoms with Crippen LogP contribution in [0, 0.1) is 0 Å². The smallest absolute Gasteiger partial charge is 0.136 e. The van der Waals surface area contributed by atoms with E-state index >= 15 is 0 Å². The number of ether oxygens (including phenoxy) is 1. The highest BCUT2D eigenvalue weighted by molar-refractivity contribution is 6.30. The van der Waals surface area contributed by atoms with Crippen molar-refractivity contribution in [3.05, 3.63) is 76.8 Å². The minimum Gasteiger partial charge on any atom is -0.404 e. The third-order valence-electron chi connectivity index (χ3n) is 6.36. The lowest BCUT2D eigenvalue weighted by Crippen LogP contribution is -2.47. The molecule has 3 aliphatic heterocycles. The first-order chi connectivity index (χ1) is 17.2. The van der Waals surface area contributed by atoms with Gasteiger partial charge in [-0.2, -0.15) is 0 Å². The van der Waals surface area contributed by atoms with Gasteiger partial charge in [-0.25, -0.2) is 9.98 Å². The summed E-state index contributed by atoms with van der Waals surface area (Å²) in [6.45, 7) is 11.9. The monoisotopic (exact) mass is 508 g/mol. The van der Waals surface area contributed by atoms with Crippen molar-refractivity contribution in [1.29, 1.82) is 0 Å². The second-order valence-electron chi connectivity index (χ2n) is 10.4. The molecule has 7 nitrogen and oxygen atoms in total. The molecule has 0 bridgehead atoms. The van der Waals surface area contributed by atoms with E-state index in [-0.39, 0.29) is 17.6 Å². The van der Waals surface area contributed by atoms with Crippen molar-refractivity contribution in [3.63, 3.8) is 0 Å². The van der Waals surface area contributed by atoms with Crippen molar-refractivity contribution in [2.45, 2.75) is 51.7 Å². The number of nitrogens with zero attached hydrogens (tertiary/aromatic N) is 3. The van der Waals surface area contributed by atoms with Crippen LogP contribution in [-0.2, 0) is 10.2 Å². The summed E-state index contributed by atoms with van der Waals surface area (Å²) < 4.78 is 5.71. The van der Waals surface area contributed by atoms with Gasteiger partial charge in [-0.05, 0) is 66.2 Å². The van der Waals surface area contributed by atoms with Gasteiger partial charge in [0.25, 0.3) is 0 Å². The SMILES string of the molecule is C[C@H]1CN(CC2=NC(=Nc3ccc(C(C)(C)C)cc3)C/C(=C\C(=C/N)C3NC=CC=C3Cl)N2)CCO1. The first kappa shape index (κ1) is 26.2. The largest absolute Gasteiger partial charge is 0.404 e. The molecule has 0 aliphatic carbocycles. The molecule has 0 aromatic heterocycles. The Morgan fingerprint density at radius 2 is 2.08 bits per heavy atom. The molecule has 8 heteroatoms. The Balaban J connectivity index is 1.61. The highest BCUT2D eigenvalue weighted by atomic mass is 35.5. The third-order valence-corrected chi connectivity index (χ3v) is 6.71. The lowest BCUT2D eigenvalue weighted by Gasteiger charge is -2.32. The molecule has 1 unspecified atom stereocenters. The molecule has 0 radical (unpaired) electrons. The molecule has 1 saturated heterocycles. The number of nitrogens with one attached hydrogen (secondary N) is 2. The molecule has 0 amide bonds. The summed E-state index contributed by atoms with van der Waals surface area (Å²) >= 11 is 6.46. The topological polar surface area (TPSA) is 87.3 Å². The van der Waals surface area contributed by atoms with Gasteiger partial charge < -0.3 is 21.1 Å². The molecule has 1 aromatic carbocycles. The summed E-state index contributed by atoms with van der Waals surface area (Å²) in [7, 11) is 0. The van der Waals surface area contributed by atoms with Gasteiger partial charge in [-0.1, -0.05) is 44.5 Å². The van der Waals surface area contributed by atoms with Gasteiger partial charge >= 0.3 is 0 Å². The van der Waals surface area contributed by atoms with Crippen molar-refractivity contribution in [2.24, 2.45) is 15.7 Å². The second kappa shape index (κ2) is 11.5. The van der Waals surface area contributed by atoms with Gasteiger partial charge in [0.05, 0.1) is 31.0 Å². The van der Waals surface area contributed by atoms with Crippen LogP contribution in [0.1, 0.15) is 39.7 Å². The molecule has 1 aromatic rings. The minimum absolute atomic E-state index is 0.0972. The molecule has 1 fully saturated rings. The molecule has 0 spiro atoms. The van der Waals surface area contributed by atoms with Crippen LogP contribution in [0.2, 0.25) is 0 Å². The zero-order valence-electron chi connectivity index (χ0n) is 21.6. The first-order valence-electron chi connectivity index (χ1n) is 12.5. The Morgan fingerprint density at radius 3 is 2.75 bits per heavy atom. The van der Waals surface area contributed by atoms with Crippen molar-refractivity contribution in [3.8, 4) is 0 Å². The number of aliphatic imine (C=N–C) groups is 2. The van der Waals surface area contributed by atoms with Gasteiger partial charge in [0, 0.05) is 30.2 Å². The number of amidine groups is 2. The number of hydrogen-bond acceptors (Lipinski definition) is 6. The zero-order valence-corrected chi connectivity index (χ0v) is 22.3. The number of rotatable bonds is 5. The Kier molecular flexibility index (Phi) is 8.34. The maximum atomic E-state index is 6.46. The van der Waals surface area contributed by atoms with Gasteiger partial charge in [-0.15, -0.1) is 0 Å². The molecule has 3 aliphatic rings. The summed E-state index contributed by atoms with van der Waals surface area (Å²) in [5.74, 6) is 1.62. The molecule has 3 heterocycles. The highest BCUT2D eigenvalue weighted by Gasteiger charge is 2.23. The fourth-order valence-corrected chi connectivity index (χ4v) is 4.69. The summed E-state index contributed by atoms with van der Waals surface area (Å²) in [5, 5.41) is 7.48. The van der Waals surface area contributed by atoms with E-state index in [1.807, 2.05) is 24.4 Å². The molecule has 4 N–H and O–H groups in total. The average Bonchev–Trinajstić information content (AvgIpc) is 2.83. The average molecular weight is 509 g/mol.